The molecule has 4 rings (SSSR count). The van der Waals surface area contributed by atoms with Gasteiger partial charge in [-0.3, -0.25) is 4.79 Å². The molecular formula is C23H25N3O5. The smallest absolute Gasteiger partial charge is 0.232 e. The lowest BCUT2D eigenvalue weighted by Gasteiger charge is -2.18. The van der Waals surface area contributed by atoms with Crippen LogP contribution in [0.4, 0.5) is 0 Å². The summed E-state index contributed by atoms with van der Waals surface area (Å²) in [5, 5.41) is 4.11. The van der Waals surface area contributed by atoms with Crippen molar-refractivity contribution in [3.8, 4) is 28.6 Å². The van der Waals surface area contributed by atoms with Crippen molar-refractivity contribution in [3.05, 3.63) is 53.9 Å². The summed E-state index contributed by atoms with van der Waals surface area (Å²) in [5.74, 6) is 2.99. The Morgan fingerprint density at radius 3 is 2.77 bits per heavy atom. The number of aromatic nitrogens is 2. The van der Waals surface area contributed by atoms with Crippen molar-refractivity contribution in [1.29, 1.82) is 0 Å². The normalized spacial score (nSPS) is 15.9. The third-order valence-corrected chi connectivity index (χ3v) is 5.26. The van der Waals surface area contributed by atoms with Gasteiger partial charge in [-0.1, -0.05) is 17.3 Å². The molecule has 2 heterocycles. The fourth-order valence-corrected chi connectivity index (χ4v) is 3.69. The van der Waals surface area contributed by atoms with Crippen molar-refractivity contribution in [2.24, 2.45) is 0 Å². The summed E-state index contributed by atoms with van der Waals surface area (Å²) < 4.78 is 21.7. The maximum Gasteiger partial charge on any atom is 0.232 e. The molecule has 0 radical (unpaired) electrons. The largest absolute Gasteiger partial charge is 0.497 e. The second kappa shape index (κ2) is 9.07. The minimum absolute atomic E-state index is 0.0426. The highest BCUT2D eigenvalue weighted by Gasteiger charge is 2.34. The van der Waals surface area contributed by atoms with E-state index < -0.39 is 0 Å². The lowest BCUT2D eigenvalue weighted by Crippen LogP contribution is -2.24. The van der Waals surface area contributed by atoms with Gasteiger partial charge in [-0.05, 0) is 31.2 Å². The lowest BCUT2D eigenvalue weighted by molar-refractivity contribution is -0.128. The van der Waals surface area contributed by atoms with Crippen molar-refractivity contribution < 1.29 is 23.5 Å². The van der Waals surface area contributed by atoms with E-state index in [4.69, 9.17) is 18.7 Å². The monoisotopic (exact) mass is 423 g/mol. The fourth-order valence-electron chi connectivity index (χ4n) is 3.69. The zero-order chi connectivity index (χ0) is 21.8. The highest BCUT2D eigenvalue weighted by atomic mass is 16.5. The van der Waals surface area contributed by atoms with Crippen LogP contribution in [0.15, 0.2) is 47.0 Å². The third-order valence-electron chi connectivity index (χ3n) is 5.26. The van der Waals surface area contributed by atoms with Crippen LogP contribution in [0.5, 0.6) is 17.2 Å². The molecule has 8 heteroatoms. The molecule has 1 aliphatic heterocycles. The van der Waals surface area contributed by atoms with Gasteiger partial charge in [-0.25, -0.2) is 0 Å². The Kier molecular flexibility index (Phi) is 6.06. The quantitative estimate of drug-likeness (QED) is 0.546. The molecule has 1 atom stereocenters. The lowest BCUT2D eigenvalue weighted by atomic mass is 10.1. The van der Waals surface area contributed by atoms with Crippen molar-refractivity contribution in [1.82, 2.24) is 15.0 Å². The van der Waals surface area contributed by atoms with E-state index in [1.54, 1.807) is 19.1 Å². The third kappa shape index (κ3) is 4.47. The number of likely N-dealkylation sites (tertiary alicyclic amines) is 1. The van der Waals surface area contributed by atoms with Crippen LogP contribution in [0.2, 0.25) is 0 Å². The van der Waals surface area contributed by atoms with Crippen molar-refractivity contribution >= 4 is 5.91 Å². The first-order valence-corrected chi connectivity index (χ1v) is 10.2. The van der Waals surface area contributed by atoms with E-state index in [1.165, 1.54) is 0 Å². The highest BCUT2D eigenvalue weighted by Crippen LogP contribution is 2.32. The molecule has 1 amide bonds. The molecule has 0 saturated carbocycles. The molecule has 0 spiro atoms. The van der Waals surface area contributed by atoms with Crippen LogP contribution in [0.1, 0.15) is 30.7 Å². The first-order chi connectivity index (χ1) is 15.1. The van der Waals surface area contributed by atoms with Gasteiger partial charge in [0.1, 0.15) is 17.2 Å². The van der Waals surface area contributed by atoms with E-state index in [9.17, 15) is 4.79 Å². The Balaban J connectivity index is 1.47. The molecule has 1 aliphatic rings. The molecule has 1 aromatic heterocycles. The Labute approximate surface area is 180 Å². The SMILES string of the molecule is CCOc1cccc(-c2noc(C3CC(=O)N(Cc4ccc(OC)cc4OC)C3)n2)c1. The molecular weight excluding hydrogens is 398 g/mol. The predicted octanol–water partition coefficient (Wildman–Crippen LogP) is 3.67. The summed E-state index contributed by atoms with van der Waals surface area (Å²) in [7, 11) is 3.21. The van der Waals surface area contributed by atoms with Gasteiger partial charge in [0.05, 0.1) is 26.7 Å². The van der Waals surface area contributed by atoms with Gasteiger partial charge in [0.15, 0.2) is 0 Å². The van der Waals surface area contributed by atoms with Crippen LogP contribution >= 0.6 is 0 Å². The fraction of sp³-hybridized carbons (Fsp3) is 0.348. The van der Waals surface area contributed by atoms with Gasteiger partial charge < -0.3 is 23.6 Å². The summed E-state index contributed by atoms with van der Waals surface area (Å²) >= 11 is 0. The number of benzene rings is 2. The summed E-state index contributed by atoms with van der Waals surface area (Å²) in [4.78, 5) is 19.0. The van der Waals surface area contributed by atoms with Gasteiger partial charge in [-0.15, -0.1) is 0 Å². The average molecular weight is 423 g/mol. The summed E-state index contributed by atoms with van der Waals surface area (Å²) in [6.07, 6.45) is 0.332. The summed E-state index contributed by atoms with van der Waals surface area (Å²) in [6, 6.07) is 13.1. The Morgan fingerprint density at radius 2 is 2.00 bits per heavy atom. The molecule has 1 fully saturated rings. The van der Waals surface area contributed by atoms with E-state index in [0.717, 1.165) is 16.9 Å². The van der Waals surface area contributed by atoms with Crippen LogP contribution in [-0.2, 0) is 11.3 Å². The summed E-state index contributed by atoms with van der Waals surface area (Å²) in [5.41, 5.74) is 1.72. The summed E-state index contributed by atoms with van der Waals surface area (Å²) in [6.45, 7) is 3.47. The number of nitrogens with zero attached hydrogens (tertiary/aromatic N) is 3. The van der Waals surface area contributed by atoms with Gasteiger partial charge >= 0.3 is 0 Å². The number of ether oxygens (including phenoxy) is 3. The Hall–Kier alpha value is -3.55. The zero-order valence-electron chi connectivity index (χ0n) is 17.8. The number of carbonyl (C=O) groups is 1. The van der Waals surface area contributed by atoms with Crippen molar-refractivity contribution in [3.63, 3.8) is 0 Å². The number of carbonyl (C=O) groups excluding carboxylic acids is 1. The van der Waals surface area contributed by atoms with E-state index in [2.05, 4.69) is 10.1 Å². The predicted molar refractivity (Wildman–Crippen MR) is 113 cm³/mol. The van der Waals surface area contributed by atoms with Crippen LogP contribution in [0, 0.1) is 0 Å². The average Bonchev–Trinajstić information content (AvgIpc) is 3.42. The highest BCUT2D eigenvalue weighted by molar-refractivity contribution is 5.79. The molecule has 31 heavy (non-hydrogen) atoms. The van der Waals surface area contributed by atoms with E-state index >= 15 is 0 Å². The molecule has 8 nitrogen and oxygen atoms in total. The maximum atomic E-state index is 12.6. The number of hydrogen-bond donors (Lipinski definition) is 0. The molecule has 162 valence electrons. The van der Waals surface area contributed by atoms with Crippen LogP contribution < -0.4 is 14.2 Å². The van der Waals surface area contributed by atoms with Crippen molar-refractivity contribution in [2.45, 2.75) is 25.8 Å². The van der Waals surface area contributed by atoms with E-state index in [0.29, 0.717) is 49.3 Å². The Morgan fingerprint density at radius 1 is 1.13 bits per heavy atom. The van der Waals surface area contributed by atoms with Gasteiger partial charge in [-0.2, -0.15) is 4.98 Å². The van der Waals surface area contributed by atoms with Gasteiger partial charge in [0.25, 0.3) is 0 Å². The van der Waals surface area contributed by atoms with E-state index in [1.807, 2.05) is 49.4 Å². The van der Waals surface area contributed by atoms with Gasteiger partial charge in [0, 0.05) is 36.7 Å². The standard InChI is InChI=1S/C23H25N3O5/c1-4-30-19-7-5-6-15(10-19)22-24-23(31-25-22)17-11-21(27)26(14-17)13-16-8-9-18(28-2)12-20(16)29-3/h5-10,12,17H,4,11,13-14H2,1-3H3. The van der Waals surface area contributed by atoms with Crippen LogP contribution in [0.3, 0.4) is 0 Å². The number of rotatable bonds is 8. The topological polar surface area (TPSA) is 86.9 Å². The molecule has 1 saturated heterocycles. The maximum absolute atomic E-state index is 12.6. The molecule has 3 aromatic rings. The second-order valence-electron chi connectivity index (χ2n) is 7.27. The molecule has 0 bridgehead atoms. The Bertz CT molecular complexity index is 1060. The molecule has 0 aliphatic carbocycles. The first kappa shape index (κ1) is 20.7. The van der Waals surface area contributed by atoms with Crippen molar-refractivity contribution in [2.75, 3.05) is 27.4 Å². The van der Waals surface area contributed by atoms with E-state index in [-0.39, 0.29) is 11.8 Å². The number of methoxy groups -OCH3 is 2. The first-order valence-electron chi connectivity index (χ1n) is 10.2. The number of amides is 1. The van der Waals surface area contributed by atoms with Crippen LogP contribution in [0.25, 0.3) is 11.4 Å². The van der Waals surface area contributed by atoms with Crippen LogP contribution in [-0.4, -0.2) is 48.3 Å². The molecule has 0 N–H and O–H groups in total. The minimum atomic E-state index is -0.145. The van der Waals surface area contributed by atoms with Gasteiger partial charge in [0.2, 0.25) is 17.6 Å². The minimum Gasteiger partial charge on any atom is -0.497 e. The molecule has 1 unspecified atom stereocenters. The molecule has 2 aromatic carbocycles. The number of hydrogen-bond acceptors (Lipinski definition) is 7. The second-order valence-corrected chi connectivity index (χ2v) is 7.27. The zero-order valence-corrected chi connectivity index (χ0v) is 17.8.